The molecule has 3 aliphatic heterocycles. The summed E-state index contributed by atoms with van der Waals surface area (Å²) < 4.78 is 34.1. The molecule has 2 bridgehead atoms. The molecule has 5 rings (SSSR count). The molecule has 1 spiro atoms. The van der Waals surface area contributed by atoms with E-state index in [0.29, 0.717) is 43.0 Å². The first-order chi connectivity index (χ1) is 20.5. The first-order valence-corrected chi connectivity index (χ1v) is 18.0. The lowest BCUT2D eigenvalue weighted by atomic mass is 9.86. The van der Waals surface area contributed by atoms with E-state index in [0.717, 1.165) is 32.1 Å². The minimum atomic E-state index is -3.83. The van der Waals surface area contributed by atoms with Crippen LogP contribution in [0, 0.1) is 0 Å². The van der Waals surface area contributed by atoms with Gasteiger partial charge in [-0.2, -0.15) is 0 Å². The molecular formula is C34H50NO6Si+. The smallest absolute Gasteiger partial charge is 0.459 e. The second kappa shape index (κ2) is 14.1. The Balaban J connectivity index is 1.55. The summed E-state index contributed by atoms with van der Waals surface area (Å²) in [7, 11) is -3.83. The minimum Gasteiger partial charge on any atom is -0.459 e. The zero-order chi connectivity index (χ0) is 29.5. The number of rotatable bonds is 15. The van der Waals surface area contributed by atoms with Crippen LogP contribution in [0.25, 0.3) is 0 Å². The maximum absolute atomic E-state index is 14.9. The molecule has 0 radical (unpaired) electrons. The lowest BCUT2D eigenvalue weighted by Gasteiger charge is -2.47. The van der Waals surface area contributed by atoms with Gasteiger partial charge in [-0.3, -0.25) is 0 Å². The molecule has 8 heteroatoms. The van der Waals surface area contributed by atoms with Crippen molar-refractivity contribution in [3.63, 3.8) is 0 Å². The number of hydrogen-bond donors (Lipinski definition) is 0. The van der Waals surface area contributed by atoms with Gasteiger partial charge in [0.15, 0.2) is 0 Å². The van der Waals surface area contributed by atoms with Gasteiger partial charge in [0.1, 0.15) is 6.10 Å². The van der Waals surface area contributed by atoms with Crippen LogP contribution in [0.1, 0.15) is 89.7 Å². The third kappa shape index (κ3) is 6.26. The lowest BCUT2D eigenvalue weighted by Crippen LogP contribution is -2.61. The van der Waals surface area contributed by atoms with Crippen LogP contribution in [-0.4, -0.2) is 70.6 Å². The van der Waals surface area contributed by atoms with Crippen LogP contribution in [0.5, 0.6) is 0 Å². The summed E-state index contributed by atoms with van der Waals surface area (Å²) in [6.45, 7) is 9.90. The fraction of sp³-hybridized carbons (Fsp3) is 0.618. The number of carbonyl (C=O) groups excluding carboxylic acids is 1. The van der Waals surface area contributed by atoms with E-state index in [9.17, 15) is 4.79 Å². The summed E-state index contributed by atoms with van der Waals surface area (Å²) in [5.74, 6) is -0.420. The fourth-order valence-corrected chi connectivity index (χ4v) is 10.0. The van der Waals surface area contributed by atoms with E-state index < -0.39 is 20.6 Å². The van der Waals surface area contributed by atoms with E-state index in [2.05, 4.69) is 0 Å². The van der Waals surface area contributed by atoms with Crippen LogP contribution in [0.4, 0.5) is 0 Å². The Hall–Kier alpha value is -2.07. The fourth-order valence-electron chi connectivity index (χ4n) is 7.53. The quantitative estimate of drug-likeness (QED) is 0.133. The molecule has 42 heavy (non-hydrogen) atoms. The molecule has 2 atom stereocenters. The average molecular weight is 597 g/mol. The number of nitrogens with zero attached hydrogens (tertiary/aromatic N) is 1. The maximum Gasteiger partial charge on any atom is 0.681 e. The summed E-state index contributed by atoms with van der Waals surface area (Å²) in [4.78, 5) is 14.9. The van der Waals surface area contributed by atoms with Crippen LogP contribution >= 0.6 is 0 Å². The predicted octanol–water partition coefficient (Wildman–Crippen LogP) is 6.51. The van der Waals surface area contributed by atoms with Gasteiger partial charge in [0.25, 0.3) is 0 Å². The second-order valence-electron chi connectivity index (χ2n) is 12.2. The van der Waals surface area contributed by atoms with Gasteiger partial charge in [-0.15, -0.1) is 0 Å². The first kappa shape index (κ1) is 31.4. The van der Waals surface area contributed by atoms with Gasteiger partial charge >= 0.3 is 15.0 Å². The summed E-state index contributed by atoms with van der Waals surface area (Å²) in [6.07, 6.45) is 9.07. The van der Waals surface area contributed by atoms with E-state index in [1.165, 1.54) is 43.3 Å². The van der Waals surface area contributed by atoms with Crippen LogP contribution in [0.3, 0.4) is 0 Å². The standard InChI is InChI=1S/C34H50NO6Si/c1-4-23-37-42(38-24-5-2,39-25-6-3)41-34(28-15-9-7-10-16-28,29-17-11-8-12-18-29)33(36)40-32-26-30-19-20-31(27-32)35(30)21-13-14-22-35/h7-12,15-18,30-32H,4-6,13-14,19-27H2,1-3H3/q+1. The van der Waals surface area contributed by atoms with Crippen molar-refractivity contribution in [2.24, 2.45) is 0 Å². The van der Waals surface area contributed by atoms with Gasteiger partial charge in [-0.1, -0.05) is 81.4 Å². The van der Waals surface area contributed by atoms with Gasteiger partial charge in [0.2, 0.25) is 5.60 Å². The number of piperidine rings is 1. The van der Waals surface area contributed by atoms with Crippen molar-refractivity contribution in [3.8, 4) is 0 Å². The highest BCUT2D eigenvalue weighted by molar-refractivity contribution is 6.54. The Bertz CT molecular complexity index is 1050. The molecule has 3 aliphatic rings. The van der Waals surface area contributed by atoms with Crippen molar-refractivity contribution in [2.75, 3.05) is 32.9 Å². The molecular weight excluding hydrogens is 546 g/mol. The third-order valence-corrected chi connectivity index (χ3v) is 11.6. The van der Waals surface area contributed by atoms with E-state index in [4.69, 9.17) is 22.4 Å². The molecule has 0 N–H and O–H groups in total. The van der Waals surface area contributed by atoms with Crippen LogP contribution < -0.4 is 0 Å². The van der Waals surface area contributed by atoms with Gasteiger partial charge in [0, 0.05) is 58.3 Å². The number of esters is 1. The summed E-state index contributed by atoms with van der Waals surface area (Å²) in [5.41, 5.74) is -0.249. The lowest BCUT2D eigenvalue weighted by molar-refractivity contribution is -0.956. The van der Waals surface area contributed by atoms with Crippen molar-refractivity contribution in [1.82, 2.24) is 0 Å². The van der Waals surface area contributed by atoms with Crippen LogP contribution in [-0.2, 0) is 32.8 Å². The minimum absolute atomic E-state index is 0.143. The van der Waals surface area contributed by atoms with Crippen molar-refractivity contribution in [2.45, 2.75) is 102 Å². The zero-order valence-corrected chi connectivity index (χ0v) is 26.8. The maximum atomic E-state index is 14.9. The van der Waals surface area contributed by atoms with Crippen molar-refractivity contribution < 1.29 is 31.7 Å². The van der Waals surface area contributed by atoms with Crippen LogP contribution in [0.2, 0.25) is 0 Å². The normalized spacial score (nSPS) is 23.4. The third-order valence-electron chi connectivity index (χ3n) is 9.41. The summed E-state index contributed by atoms with van der Waals surface area (Å²) in [5, 5.41) is 0. The van der Waals surface area contributed by atoms with Gasteiger partial charge in [-0.25, -0.2) is 4.79 Å². The van der Waals surface area contributed by atoms with E-state index in [1.54, 1.807) is 0 Å². The Morgan fingerprint density at radius 1 is 0.762 bits per heavy atom. The molecule has 3 heterocycles. The Morgan fingerprint density at radius 3 is 1.64 bits per heavy atom. The van der Waals surface area contributed by atoms with Crippen molar-refractivity contribution in [1.29, 1.82) is 0 Å². The van der Waals surface area contributed by atoms with E-state index in [-0.39, 0.29) is 6.10 Å². The predicted molar refractivity (Wildman–Crippen MR) is 164 cm³/mol. The molecule has 7 nitrogen and oxygen atoms in total. The highest BCUT2D eigenvalue weighted by Crippen LogP contribution is 2.47. The Kier molecular flexibility index (Phi) is 10.6. The van der Waals surface area contributed by atoms with Crippen LogP contribution in [0.15, 0.2) is 60.7 Å². The molecule has 0 aromatic heterocycles. The number of hydrogen-bond acceptors (Lipinski definition) is 6. The average Bonchev–Trinajstić information content (AvgIpc) is 3.57. The largest absolute Gasteiger partial charge is 0.681 e. The monoisotopic (exact) mass is 596 g/mol. The molecule has 0 aliphatic carbocycles. The van der Waals surface area contributed by atoms with E-state index in [1.807, 2.05) is 81.4 Å². The number of ether oxygens (including phenoxy) is 1. The first-order valence-electron chi connectivity index (χ1n) is 16.3. The molecule has 0 saturated carbocycles. The van der Waals surface area contributed by atoms with Crippen molar-refractivity contribution in [3.05, 3.63) is 71.8 Å². The molecule has 0 amide bonds. The topological polar surface area (TPSA) is 63.2 Å². The Morgan fingerprint density at radius 2 is 1.21 bits per heavy atom. The molecule has 3 saturated heterocycles. The highest BCUT2D eigenvalue weighted by atomic mass is 28.4. The molecule has 3 fully saturated rings. The number of quaternary nitrogens is 1. The molecule has 230 valence electrons. The zero-order valence-electron chi connectivity index (χ0n) is 25.8. The van der Waals surface area contributed by atoms with Gasteiger partial charge in [0.05, 0.1) is 25.2 Å². The molecule has 2 aromatic carbocycles. The van der Waals surface area contributed by atoms with Gasteiger partial charge < -0.3 is 26.9 Å². The number of benzene rings is 2. The van der Waals surface area contributed by atoms with Gasteiger partial charge in [-0.05, 0) is 30.4 Å². The SMILES string of the molecule is CCCO[Si](OCCC)(OCCC)OC(C(=O)OC1CC2CCC(C1)[N+]21CCCC1)(c1ccccc1)c1ccccc1. The van der Waals surface area contributed by atoms with Crippen molar-refractivity contribution >= 4 is 15.0 Å². The second-order valence-corrected chi connectivity index (χ2v) is 14.3. The highest BCUT2D eigenvalue weighted by Gasteiger charge is 2.60. The summed E-state index contributed by atoms with van der Waals surface area (Å²) >= 11 is 0. The molecule has 2 unspecified atom stereocenters. The summed E-state index contributed by atoms with van der Waals surface area (Å²) in [6, 6.07) is 20.5. The molecule has 2 aromatic rings. The Labute approximate surface area is 253 Å². The number of carbonyl (C=O) groups is 1. The van der Waals surface area contributed by atoms with E-state index >= 15 is 0 Å².